The minimum atomic E-state index is -1.02. The smallest absolute Gasteiger partial charge is 0.340 e. The van der Waals surface area contributed by atoms with Gasteiger partial charge in [-0.1, -0.05) is 23.2 Å². The molecule has 130 valence electrons. The van der Waals surface area contributed by atoms with Gasteiger partial charge in [-0.25, -0.2) is 4.79 Å². The zero-order chi connectivity index (χ0) is 18.0. The van der Waals surface area contributed by atoms with Crippen molar-refractivity contribution in [2.24, 2.45) is 0 Å². The highest BCUT2D eigenvalue weighted by atomic mass is 35.5. The molecule has 0 radical (unpaired) electrons. The minimum Gasteiger partial charge on any atom is -0.454 e. The van der Waals surface area contributed by atoms with Crippen LogP contribution in [0.25, 0.3) is 0 Å². The van der Waals surface area contributed by atoms with Crippen LogP contribution in [0.5, 0.6) is 11.5 Å². The number of ether oxygens (including phenoxy) is 3. The lowest BCUT2D eigenvalue weighted by molar-refractivity contribution is -0.123. The number of amides is 1. The van der Waals surface area contributed by atoms with E-state index in [1.807, 2.05) is 0 Å². The Labute approximate surface area is 153 Å². The van der Waals surface area contributed by atoms with Crippen LogP contribution in [0.1, 0.15) is 17.3 Å². The van der Waals surface area contributed by atoms with Gasteiger partial charge in [0, 0.05) is 16.8 Å². The molecule has 0 unspecified atom stereocenters. The molecule has 3 rings (SSSR count). The van der Waals surface area contributed by atoms with Crippen molar-refractivity contribution in [3.63, 3.8) is 0 Å². The summed E-state index contributed by atoms with van der Waals surface area (Å²) >= 11 is 11.7. The molecule has 0 aromatic heterocycles. The molecule has 0 aliphatic carbocycles. The van der Waals surface area contributed by atoms with Crippen LogP contribution in [0, 0.1) is 0 Å². The first kappa shape index (κ1) is 17.4. The van der Waals surface area contributed by atoms with Crippen molar-refractivity contribution in [3.05, 3.63) is 52.0 Å². The first-order valence-corrected chi connectivity index (χ1v) is 8.06. The van der Waals surface area contributed by atoms with Crippen molar-refractivity contribution >= 4 is 40.8 Å². The van der Waals surface area contributed by atoms with E-state index in [2.05, 4.69) is 5.32 Å². The molecule has 1 heterocycles. The van der Waals surface area contributed by atoms with E-state index in [4.69, 9.17) is 37.4 Å². The van der Waals surface area contributed by atoms with Gasteiger partial charge in [0.1, 0.15) is 0 Å². The third-order valence-electron chi connectivity index (χ3n) is 3.44. The van der Waals surface area contributed by atoms with Gasteiger partial charge in [-0.15, -0.1) is 0 Å². The zero-order valence-electron chi connectivity index (χ0n) is 13.0. The van der Waals surface area contributed by atoms with Crippen molar-refractivity contribution < 1.29 is 23.8 Å². The molecule has 0 fully saturated rings. The summed E-state index contributed by atoms with van der Waals surface area (Å²) < 4.78 is 15.6. The maximum Gasteiger partial charge on any atom is 0.340 e. The van der Waals surface area contributed by atoms with Gasteiger partial charge < -0.3 is 19.5 Å². The van der Waals surface area contributed by atoms with E-state index >= 15 is 0 Å². The zero-order valence-corrected chi connectivity index (χ0v) is 14.6. The first-order chi connectivity index (χ1) is 11.9. The third-order valence-corrected chi connectivity index (χ3v) is 3.99. The van der Waals surface area contributed by atoms with Crippen LogP contribution in [-0.2, 0) is 9.53 Å². The Bertz CT molecular complexity index is 840. The van der Waals surface area contributed by atoms with Gasteiger partial charge in [0.25, 0.3) is 5.91 Å². The maximum absolute atomic E-state index is 12.2. The van der Waals surface area contributed by atoms with E-state index in [9.17, 15) is 9.59 Å². The lowest BCUT2D eigenvalue weighted by Crippen LogP contribution is -2.30. The van der Waals surface area contributed by atoms with Crippen LogP contribution < -0.4 is 14.8 Å². The Hall–Kier alpha value is -2.44. The van der Waals surface area contributed by atoms with Crippen LogP contribution in [0.15, 0.2) is 36.4 Å². The molecule has 6 nitrogen and oxygen atoms in total. The molecule has 25 heavy (non-hydrogen) atoms. The van der Waals surface area contributed by atoms with Crippen molar-refractivity contribution in [1.29, 1.82) is 0 Å². The van der Waals surface area contributed by atoms with E-state index in [-0.39, 0.29) is 17.4 Å². The molecule has 8 heteroatoms. The fourth-order valence-corrected chi connectivity index (χ4v) is 2.64. The topological polar surface area (TPSA) is 73.9 Å². The summed E-state index contributed by atoms with van der Waals surface area (Å²) in [6.07, 6.45) is -1.02. The lowest BCUT2D eigenvalue weighted by atomic mass is 10.2. The van der Waals surface area contributed by atoms with E-state index in [0.29, 0.717) is 22.2 Å². The summed E-state index contributed by atoms with van der Waals surface area (Å²) in [5.41, 5.74) is 0.635. The monoisotopic (exact) mass is 381 g/mol. The van der Waals surface area contributed by atoms with Crippen LogP contribution in [0.4, 0.5) is 5.69 Å². The number of hydrogen-bond acceptors (Lipinski definition) is 5. The van der Waals surface area contributed by atoms with Gasteiger partial charge >= 0.3 is 5.97 Å². The molecule has 1 aliphatic heterocycles. The average molecular weight is 382 g/mol. The summed E-state index contributed by atoms with van der Waals surface area (Å²) in [5, 5.41) is 3.20. The van der Waals surface area contributed by atoms with Crippen molar-refractivity contribution in [3.8, 4) is 11.5 Å². The highest BCUT2D eigenvalue weighted by Gasteiger charge is 2.22. The number of rotatable bonds is 4. The number of anilines is 1. The molecule has 2 aromatic rings. The van der Waals surface area contributed by atoms with Gasteiger partial charge in [-0.2, -0.15) is 0 Å². The largest absolute Gasteiger partial charge is 0.454 e. The van der Waals surface area contributed by atoms with Crippen LogP contribution >= 0.6 is 23.2 Å². The van der Waals surface area contributed by atoms with Crippen molar-refractivity contribution in [1.82, 2.24) is 0 Å². The highest BCUT2D eigenvalue weighted by Crippen LogP contribution is 2.34. The molecule has 1 aliphatic rings. The summed E-state index contributed by atoms with van der Waals surface area (Å²) in [4.78, 5) is 24.3. The van der Waals surface area contributed by atoms with E-state index in [1.165, 1.54) is 25.1 Å². The number of esters is 1. The standard InChI is InChI=1S/C17H13Cl2NO5/c1-9(25-17(22)12-4-2-10(18)6-13(12)19)16(21)20-11-3-5-14-15(7-11)24-8-23-14/h2-7,9H,8H2,1H3,(H,20,21)/t9-/m1/s1. The van der Waals surface area contributed by atoms with Gasteiger partial charge in [-0.05, 0) is 37.3 Å². The average Bonchev–Trinajstić information content (AvgIpc) is 3.02. The number of carbonyl (C=O) groups excluding carboxylic acids is 2. The summed E-state index contributed by atoms with van der Waals surface area (Å²) in [5.74, 6) is -0.0578. The molecule has 2 aromatic carbocycles. The summed E-state index contributed by atoms with van der Waals surface area (Å²) in [6.45, 7) is 1.60. The molecular formula is C17H13Cl2NO5. The Morgan fingerprint density at radius 3 is 2.64 bits per heavy atom. The third kappa shape index (κ3) is 3.97. The summed E-state index contributed by atoms with van der Waals surface area (Å²) in [6, 6.07) is 9.36. The Morgan fingerprint density at radius 2 is 1.88 bits per heavy atom. The van der Waals surface area contributed by atoms with Crippen LogP contribution in [-0.4, -0.2) is 24.8 Å². The van der Waals surface area contributed by atoms with E-state index in [0.717, 1.165) is 0 Å². The second-order valence-corrected chi connectivity index (χ2v) is 6.07. The highest BCUT2D eigenvalue weighted by molar-refractivity contribution is 6.36. The first-order valence-electron chi connectivity index (χ1n) is 7.30. The Balaban J connectivity index is 1.63. The van der Waals surface area contributed by atoms with Gasteiger partial charge in [0.2, 0.25) is 6.79 Å². The molecule has 0 saturated heterocycles. The number of hydrogen-bond donors (Lipinski definition) is 1. The predicted molar refractivity (Wildman–Crippen MR) is 92.5 cm³/mol. The second-order valence-electron chi connectivity index (χ2n) is 5.23. The van der Waals surface area contributed by atoms with Crippen molar-refractivity contribution in [2.45, 2.75) is 13.0 Å². The molecule has 0 bridgehead atoms. The van der Waals surface area contributed by atoms with Crippen LogP contribution in [0.2, 0.25) is 10.0 Å². The van der Waals surface area contributed by atoms with Crippen LogP contribution in [0.3, 0.4) is 0 Å². The molecule has 0 saturated carbocycles. The molecule has 1 N–H and O–H groups in total. The second kappa shape index (κ2) is 7.21. The normalized spacial score (nSPS) is 13.2. The number of halogens is 2. The van der Waals surface area contributed by atoms with E-state index in [1.54, 1.807) is 18.2 Å². The number of fused-ring (bicyclic) bond motifs is 1. The van der Waals surface area contributed by atoms with Gasteiger partial charge in [-0.3, -0.25) is 4.79 Å². The summed E-state index contributed by atoms with van der Waals surface area (Å²) in [7, 11) is 0. The van der Waals surface area contributed by atoms with Crippen molar-refractivity contribution in [2.75, 3.05) is 12.1 Å². The minimum absolute atomic E-state index is 0.133. The Kier molecular flexibility index (Phi) is 5.01. The van der Waals surface area contributed by atoms with Gasteiger partial charge in [0.05, 0.1) is 10.6 Å². The quantitative estimate of drug-likeness (QED) is 0.812. The van der Waals surface area contributed by atoms with Gasteiger partial charge in [0.15, 0.2) is 17.6 Å². The number of nitrogens with one attached hydrogen (secondary N) is 1. The fraction of sp³-hybridized carbons (Fsp3) is 0.176. The predicted octanol–water partition coefficient (Wildman–Crippen LogP) is 3.91. The lowest BCUT2D eigenvalue weighted by Gasteiger charge is -2.14. The number of carbonyl (C=O) groups is 2. The Morgan fingerprint density at radius 1 is 1.12 bits per heavy atom. The molecule has 0 spiro atoms. The SMILES string of the molecule is C[C@@H](OC(=O)c1ccc(Cl)cc1Cl)C(=O)Nc1ccc2c(c1)OCO2. The molecule has 1 atom stereocenters. The molecule has 1 amide bonds. The number of benzene rings is 2. The molecular weight excluding hydrogens is 369 g/mol. The van der Waals surface area contributed by atoms with E-state index < -0.39 is 18.0 Å². The maximum atomic E-state index is 12.2. The fourth-order valence-electron chi connectivity index (χ4n) is 2.15.